The molecule has 0 aliphatic carbocycles. The first kappa shape index (κ1) is 23.7. The van der Waals surface area contributed by atoms with Gasteiger partial charge in [0.25, 0.3) is 0 Å². The Kier molecular flexibility index (Phi) is 5.43. The highest BCUT2D eigenvalue weighted by Gasteiger charge is 2.50. The number of ether oxygens (including phenoxy) is 4. The summed E-state index contributed by atoms with van der Waals surface area (Å²) in [5.74, 6) is -0.376. The molecular weight excluding hydrogens is 462 g/mol. The van der Waals surface area contributed by atoms with Crippen LogP contribution in [0.25, 0.3) is 32.6 Å². The van der Waals surface area contributed by atoms with Crippen molar-refractivity contribution >= 4 is 44.5 Å². The zero-order valence-electron chi connectivity index (χ0n) is 21.0. The van der Waals surface area contributed by atoms with Crippen LogP contribution in [0.3, 0.4) is 0 Å². The maximum absolute atomic E-state index is 14.1. The van der Waals surface area contributed by atoms with Crippen LogP contribution in [0.4, 0.5) is 0 Å². The molecule has 3 aromatic carbocycles. The number of esters is 2. The van der Waals surface area contributed by atoms with E-state index in [0.29, 0.717) is 38.9 Å². The van der Waals surface area contributed by atoms with Crippen molar-refractivity contribution in [2.45, 2.75) is 45.5 Å². The van der Waals surface area contributed by atoms with E-state index in [1.807, 2.05) is 48.0 Å². The van der Waals surface area contributed by atoms with Crippen LogP contribution >= 0.6 is 0 Å². The molecule has 2 heterocycles. The lowest BCUT2D eigenvalue weighted by molar-refractivity contribution is -0.187. The fourth-order valence-electron chi connectivity index (χ4n) is 5.29. The van der Waals surface area contributed by atoms with E-state index < -0.39 is 29.7 Å². The van der Waals surface area contributed by atoms with Gasteiger partial charge in [-0.3, -0.25) is 14.4 Å². The van der Waals surface area contributed by atoms with Gasteiger partial charge in [0.2, 0.25) is 5.43 Å². The van der Waals surface area contributed by atoms with Crippen molar-refractivity contribution in [1.29, 1.82) is 0 Å². The fraction of sp³-hybridized carbons (Fsp3) is 0.321. The molecule has 8 nitrogen and oxygen atoms in total. The number of aryl methyl sites for hydroxylation is 1. The third-order valence-electron chi connectivity index (χ3n) is 6.75. The minimum absolute atomic E-state index is 0.218. The van der Waals surface area contributed by atoms with Gasteiger partial charge in [-0.25, -0.2) is 0 Å². The first-order valence-electron chi connectivity index (χ1n) is 11.6. The van der Waals surface area contributed by atoms with Gasteiger partial charge < -0.3 is 23.5 Å². The Balaban J connectivity index is 1.98. The standard InChI is InChI=1S/C28H27NO7/c1-14(30)34-26-23-20(36-28(3,4)27(26)35-15(2)31)13-19(33-6)22-24(23)29(5)18-12-11-16-9-7-8-10-17(16)21(18)25(22)32/h7-13,26-27H,1-6H3/t26-,27-/m1/s1. The molecule has 1 aliphatic rings. The minimum atomic E-state index is -1.04. The normalized spacial score (nSPS) is 18.5. The first-order valence-corrected chi connectivity index (χ1v) is 11.6. The summed E-state index contributed by atoms with van der Waals surface area (Å²) in [7, 11) is 3.33. The van der Waals surface area contributed by atoms with Crippen molar-refractivity contribution < 1.29 is 28.5 Å². The van der Waals surface area contributed by atoms with Crippen molar-refractivity contribution in [3.05, 3.63) is 58.3 Å². The molecule has 36 heavy (non-hydrogen) atoms. The van der Waals surface area contributed by atoms with Crippen molar-refractivity contribution in [2.24, 2.45) is 7.05 Å². The molecule has 0 bridgehead atoms. The van der Waals surface area contributed by atoms with Crippen molar-refractivity contribution in [2.75, 3.05) is 7.11 Å². The molecular formula is C28H27NO7. The lowest BCUT2D eigenvalue weighted by atomic mass is 9.86. The topological polar surface area (TPSA) is 93.1 Å². The average molecular weight is 490 g/mol. The molecule has 0 saturated carbocycles. The van der Waals surface area contributed by atoms with Crippen LogP contribution < -0.4 is 14.9 Å². The Morgan fingerprint density at radius 2 is 1.69 bits per heavy atom. The molecule has 0 unspecified atom stereocenters. The summed E-state index contributed by atoms with van der Waals surface area (Å²) in [6.07, 6.45) is -1.97. The van der Waals surface area contributed by atoms with E-state index in [0.717, 1.165) is 10.8 Å². The zero-order valence-corrected chi connectivity index (χ0v) is 21.0. The highest BCUT2D eigenvalue weighted by Crippen LogP contribution is 2.49. The summed E-state index contributed by atoms with van der Waals surface area (Å²) in [4.78, 5) is 38.4. The maximum atomic E-state index is 14.1. The summed E-state index contributed by atoms with van der Waals surface area (Å²) in [6, 6.07) is 13.2. The quantitative estimate of drug-likeness (QED) is 0.237. The maximum Gasteiger partial charge on any atom is 0.303 e. The van der Waals surface area contributed by atoms with Crippen molar-refractivity contribution in [3.63, 3.8) is 0 Å². The van der Waals surface area contributed by atoms with Gasteiger partial charge >= 0.3 is 11.9 Å². The zero-order chi connectivity index (χ0) is 25.9. The molecule has 1 aromatic heterocycles. The van der Waals surface area contributed by atoms with Gasteiger partial charge in [-0.1, -0.05) is 30.3 Å². The van der Waals surface area contributed by atoms with Gasteiger partial charge in [0.15, 0.2) is 12.2 Å². The number of methoxy groups -OCH3 is 1. The Labute approximate surface area is 207 Å². The molecule has 2 atom stereocenters. The molecule has 0 fully saturated rings. The number of benzene rings is 3. The number of carbonyl (C=O) groups is 2. The third kappa shape index (κ3) is 3.47. The summed E-state index contributed by atoms with van der Waals surface area (Å²) in [6.45, 7) is 6.08. The predicted molar refractivity (Wildman–Crippen MR) is 136 cm³/mol. The highest BCUT2D eigenvalue weighted by molar-refractivity contribution is 6.11. The van der Waals surface area contributed by atoms with Crippen LogP contribution in [-0.4, -0.2) is 35.3 Å². The molecule has 8 heteroatoms. The van der Waals surface area contributed by atoms with Gasteiger partial charge in [-0.15, -0.1) is 0 Å². The summed E-state index contributed by atoms with van der Waals surface area (Å²) >= 11 is 0. The number of pyridine rings is 1. The monoisotopic (exact) mass is 489 g/mol. The molecule has 0 saturated heterocycles. The molecule has 1 aliphatic heterocycles. The Morgan fingerprint density at radius 3 is 2.36 bits per heavy atom. The van der Waals surface area contributed by atoms with Gasteiger partial charge in [0.05, 0.1) is 34.5 Å². The molecule has 5 rings (SSSR count). The van der Waals surface area contributed by atoms with Crippen LogP contribution in [0, 0.1) is 0 Å². The Hall–Kier alpha value is -4.07. The van der Waals surface area contributed by atoms with E-state index in [4.69, 9.17) is 18.9 Å². The first-order chi connectivity index (χ1) is 17.0. The second-order valence-corrected chi connectivity index (χ2v) is 9.55. The minimum Gasteiger partial charge on any atom is -0.496 e. The summed E-state index contributed by atoms with van der Waals surface area (Å²) < 4.78 is 25.3. The molecule has 0 radical (unpaired) electrons. The second-order valence-electron chi connectivity index (χ2n) is 9.55. The summed E-state index contributed by atoms with van der Waals surface area (Å²) in [5.41, 5.74) is 0.364. The van der Waals surface area contributed by atoms with Crippen molar-refractivity contribution in [1.82, 2.24) is 4.57 Å². The fourth-order valence-corrected chi connectivity index (χ4v) is 5.29. The number of fused-ring (bicyclic) bond motifs is 6. The van der Waals surface area contributed by atoms with E-state index in [9.17, 15) is 14.4 Å². The highest BCUT2D eigenvalue weighted by atomic mass is 16.6. The van der Waals surface area contributed by atoms with E-state index in [1.165, 1.54) is 21.0 Å². The Morgan fingerprint density at radius 1 is 1.00 bits per heavy atom. The SMILES string of the molecule is COc1cc2c(c3c1c(=O)c1c4ccccc4ccc1n3C)[C@@H](OC(C)=O)[C@@H](OC(C)=O)C(C)(C)O2. The second kappa shape index (κ2) is 8.26. The van der Waals surface area contributed by atoms with Gasteiger partial charge in [0, 0.05) is 27.0 Å². The van der Waals surface area contributed by atoms with Gasteiger partial charge in [-0.05, 0) is 30.7 Å². The van der Waals surface area contributed by atoms with E-state index >= 15 is 0 Å². The van der Waals surface area contributed by atoms with E-state index in [2.05, 4.69) is 0 Å². The average Bonchev–Trinajstić information content (AvgIpc) is 2.82. The lowest BCUT2D eigenvalue weighted by Crippen LogP contribution is -2.52. The third-order valence-corrected chi connectivity index (χ3v) is 6.75. The number of aromatic nitrogens is 1. The number of hydrogen-bond acceptors (Lipinski definition) is 7. The number of nitrogens with zero attached hydrogens (tertiary/aromatic N) is 1. The smallest absolute Gasteiger partial charge is 0.303 e. The van der Waals surface area contributed by atoms with Crippen LogP contribution in [0.15, 0.2) is 47.3 Å². The number of rotatable bonds is 3. The van der Waals surface area contributed by atoms with Crippen molar-refractivity contribution in [3.8, 4) is 11.5 Å². The molecule has 4 aromatic rings. The van der Waals surface area contributed by atoms with Crippen LogP contribution in [0.2, 0.25) is 0 Å². The van der Waals surface area contributed by atoms with Gasteiger partial charge in [-0.2, -0.15) is 0 Å². The molecule has 0 spiro atoms. The number of hydrogen-bond donors (Lipinski definition) is 0. The lowest BCUT2D eigenvalue weighted by Gasteiger charge is -2.43. The largest absolute Gasteiger partial charge is 0.496 e. The molecule has 0 amide bonds. The Bertz CT molecular complexity index is 1630. The predicted octanol–water partition coefficient (Wildman–Crippen LogP) is 4.56. The molecule has 0 N–H and O–H groups in total. The number of carbonyl (C=O) groups excluding carboxylic acids is 2. The van der Waals surface area contributed by atoms with Crippen LogP contribution in [-0.2, 0) is 26.1 Å². The molecule has 186 valence electrons. The van der Waals surface area contributed by atoms with E-state index in [-0.39, 0.29) is 5.43 Å². The van der Waals surface area contributed by atoms with E-state index in [1.54, 1.807) is 19.9 Å². The van der Waals surface area contributed by atoms with Gasteiger partial charge in [0.1, 0.15) is 17.1 Å². The van der Waals surface area contributed by atoms with Crippen LogP contribution in [0.1, 0.15) is 39.4 Å². The van der Waals surface area contributed by atoms with Crippen LogP contribution in [0.5, 0.6) is 11.5 Å². The summed E-state index contributed by atoms with van der Waals surface area (Å²) in [5, 5.41) is 2.64.